The van der Waals surface area contributed by atoms with Gasteiger partial charge in [-0.3, -0.25) is 0 Å². The van der Waals surface area contributed by atoms with E-state index in [1.165, 1.54) is 36.8 Å². The number of rotatable bonds is 6. The van der Waals surface area contributed by atoms with Crippen molar-refractivity contribution in [2.45, 2.75) is 63.9 Å². The van der Waals surface area contributed by atoms with Crippen molar-refractivity contribution in [3.05, 3.63) is 60.2 Å². The Balaban J connectivity index is 1.75. The average Bonchev–Trinajstić information content (AvgIpc) is 2.64. The Morgan fingerprint density at radius 3 is 2.29 bits per heavy atom. The molecule has 2 aromatic carbocycles. The minimum atomic E-state index is -0.659. The second-order valence-electron chi connectivity index (χ2n) is 7.38. The first-order chi connectivity index (χ1) is 11.7. The van der Waals surface area contributed by atoms with Crippen LogP contribution in [0.25, 0.3) is 11.1 Å². The van der Waals surface area contributed by atoms with Crippen molar-refractivity contribution < 1.29 is 5.11 Å². The summed E-state index contributed by atoms with van der Waals surface area (Å²) >= 11 is 0. The van der Waals surface area contributed by atoms with Crippen molar-refractivity contribution in [2.75, 3.05) is 0 Å². The summed E-state index contributed by atoms with van der Waals surface area (Å²) < 4.78 is 0. The molecule has 1 aliphatic carbocycles. The Hall–Kier alpha value is -1.60. The zero-order chi connectivity index (χ0) is 16.8. The predicted molar refractivity (Wildman–Crippen MR) is 102 cm³/mol. The van der Waals surface area contributed by atoms with Gasteiger partial charge in [0.1, 0.15) is 0 Å². The van der Waals surface area contributed by atoms with Gasteiger partial charge in [0.2, 0.25) is 0 Å². The third-order valence-electron chi connectivity index (χ3n) is 5.66. The number of unbranched alkanes of at least 4 members (excludes halogenated alkanes) is 2. The van der Waals surface area contributed by atoms with Crippen LogP contribution in [0, 0.1) is 5.92 Å². The molecule has 24 heavy (non-hydrogen) atoms. The lowest BCUT2D eigenvalue weighted by molar-refractivity contribution is -0.0149. The highest BCUT2D eigenvalue weighted by molar-refractivity contribution is 5.68. The molecule has 0 saturated heterocycles. The molecule has 0 heterocycles. The van der Waals surface area contributed by atoms with Crippen molar-refractivity contribution >= 4 is 0 Å². The van der Waals surface area contributed by atoms with Gasteiger partial charge in [-0.1, -0.05) is 87.2 Å². The third kappa shape index (κ3) is 3.89. The van der Waals surface area contributed by atoms with E-state index in [0.29, 0.717) is 0 Å². The molecule has 0 aliphatic heterocycles. The molecule has 0 radical (unpaired) electrons. The van der Waals surface area contributed by atoms with Crippen LogP contribution in [0.3, 0.4) is 0 Å². The molecule has 0 amide bonds. The van der Waals surface area contributed by atoms with Gasteiger partial charge < -0.3 is 5.11 Å². The maximum absolute atomic E-state index is 11.4. The lowest BCUT2D eigenvalue weighted by atomic mass is 9.72. The summed E-state index contributed by atoms with van der Waals surface area (Å²) in [7, 11) is 0. The highest BCUT2D eigenvalue weighted by Gasteiger charge is 2.36. The minimum absolute atomic E-state index is 0.659. The molecule has 0 aromatic heterocycles. The fraction of sp³-hybridized carbons (Fsp3) is 0.478. The van der Waals surface area contributed by atoms with Crippen molar-refractivity contribution in [1.29, 1.82) is 0 Å². The van der Waals surface area contributed by atoms with Gasteiger partial charge in [-0.05, 0) is 48.3 Å². The van der Waals surface area contributed by atoms with Crippen molar-refractivity contribution in [3.63, 3.8) is 0 Å². The Kier molecular flexibility index (Phi) is 5.73. The molecule has 1 nitrogen and oxygen atoms in total. The quantitative estimate of drug-likeness (QED) is 0.618. The molecule has 0 spiro atoms. The SMILES string of the molecule is CCCCCC1CCC(O)(c2ccccc2-c2ccccc2)CC1. The Morgan fingerprint density at radius 1 is 0.917 bits per heavy atom. The summed E-state index contributed by atoms with van der Waals surface area (Å²) in [5.41, 5.74) is 2.84. The first-order valence-corrected chi connectivity index (χ1v) is 9.60. The highest BCUT2D eigenvalue weighted by atomic mass is 16.3. The van der Waals surface area contributed by atoms with E-state index >= 15 is 0 Å². The van der Waals surface area contributed by atoms with Gasteiger partial charge in [0.05, 0.1) is 5.60 Å². The van der Waals surface area contributed by atoms with Crippen molar-refractivity contribution in [1.82, 2.24) is 0 Å². The third-order valence-corrected chi connectivity index (χ3v) is 5.66. The van der Waals surface area contributed by atoms with Crippen LogP contribution < -0.4 is 0 Å². The van der Waals surface area contributed by atoms with Crippen LogP contribution in [-0.2, 0) is 5.60 Å². The molecular formula is C23H30O. The maximum atomic E-state index is 11.4. The maximum Gasteiger partial charge on any atom is 0.0902 e. The summed E-state index contributed by atoms with van der Waals surface area (Å²) in [6, 6.07) is 18.9. The second kappa shape index (κ2) is 7.98. The number of benzene rings is 2. The van der Waals surface area contributed by atoms with Gasteiger partial charge in [0.25, 0.3) is 0 Å². The number of hydrogen-bond donors (Lipinski definition) is 1. The van der Waals surface area contributed by atoms with Crippen LogP contribution in [0.5, 0.6) is 0 Å². The summed E-state index contributed by atoms with van der Waals surface area (Å²) in [6.45, 7) is 2.26. The largest absolute Gasteiger partial charge is 0.385 e. The first-order valence-electron chi connectivity index (χ1n) is 9.60. The molecule has 1 fully saturated rings. The van der Waals surface area contributed by atoms with Crippen LogP contribution in [0.2, 0.25) is 0 Å². The smallest absolute Gasteiger partial charge is 0.0902 e. The van der Waals surface area contributed by atoms with Gasteiger partial charge in [-0.2, -0.15) is 0 Å². The van der Waals surface area contributed by atoms with E-state index in [1.54, 1.807) is 0 Å². The average molecular weight is 322 g/mol. The van der Waals surface area contributed by atoms with Crippen LogP contribution >= 0.6 is 0 Å². The van der Waals surface area contributed by atoms with Gasteiger partial charge in [0.15, 0.2) is 0 Å². The molecule has 0 unspecified atom stereocenters. The van der Waals surface area contributed by atoms with Crippen LogP contribution in [0.15, 0.2) is 54.6 Å². The van der Waals surface area contributed by atoms with E-state index in [4.69, 9.17) is 0 Å². The second-order valence-corrected chi connectivity index (χ2v) is 7.38. The molecule has 1 heteroatoms. The molecule has 1 aliphatic rings. The van der Waals surface area contributed by atoms with E-state index in [9.17, 15) is 5.11 Å². The highest BCUT2D eigenvalue weighted by Crippen LogP contribution is 2.44. The van der Waals surface area contributed by atoms with Crippen LogP contribution in [0.4, 0.5) is 0 Å². The number of hydrogen-bond acceptors (Lipinski definition) is 1. The lowest BCUT2D eigenvalue weighted by Crippen LogP contribution is -2.32. The molecule has 2 aromatic rings. The Labute approximate surface area is 146 Å². The van der Waals surface area contributed by atoms with Gasteiger partial charge in [-0.15, -0.1) is 0 Å². The Morgan fingerprint density at radius 2 is 1.58 bits per heavy atom. The minimum Gasteiger partial charge on any atom is -0.385 e. The molecule has 0 atom stereocenters. The van der Waals surface area contributed by atoms with Crippen LogP contribution in [-0.4, -0.2) is 5.11 Å². The summed E-state index contributed by atoms with van der Waals surface area (Å²) in [4.78, 5) is 0. The van der Waals surface area contributed by atoms with Gasteiger partial charge >= 0.3 is 0 Å². The van der Waals surface area contributed by atoms with Gasteiger partial charge in [-0.25, -0.2) is 0 Å². The van der Waals surface area contributed by atoms with Crippen molar-refractivity contribution in [2.24, 2.45) is 5.92 Å². The van der Waals surface area contributed by atoms with Crippen molar-refractivity contribution in [3.8, 4) is 11.1 Å². The zero-order valence-electron chi connectivity index (χ0n) is 14.9. The molecule has 0 bridgehead atoms. The van der Waals surface area contributed by atoms with Crippen LogP contribution in [0.1, 0.15) is 63.9 Å². The fourth-order valence-corrected chi connectivity index (χ4v) is 4.15. The molecule has 1 N–H and O–H groups in total. The standard InChI is InChI=1S/C23H30O/c1-2-3-5-10-19-15-17-23(24,18-16-19)22-14-9-8-13-21(22)20-11-6-4-7-12-20/h4,6-9,11-14,19,24H,2-3,5,10,15-18H2,1H3. The van der Waals surface area contributed by atoms with E-state index in [1.807, 2.05) is 6.07 Å². The number of aliphatic hydroxyl groups is 1. The fourth-order valence-electron chi connectivity index (χ4n) is 4.15. The zero-order valence-corrected chi connectivity index (χ0v) is 14.9. The normalized spacial score (nSPS) is 24.0. The topological polar surface area (TPSA) is 20.2 Å². The monoisotopic (exact) mass is 322 g/mol. The predicted octanol–water partition coefficient (Wildman–Crippen LogP) is 6.31. The van der Waals surface area contributed by atoms with E-state index in [0.717, 1.165) is 37.2 Å². The van der Waals surface area contributed by atoms with E-state index in [-0.39, 0.29) is 0 Å². The van der Waals surface area contributed by atoms with Gasteiger partial charge in [0, 0.05) is 0 Å². The Bertz CT molecular complexity index is 623. The first kappa shape index (κ1) is 17.2. The summed E-state index contributed by atoms with van der Waals surface area (Å²) in [6.07, 6.45) is 9.43. The van der Waals surface area contributed by atoms with E-state index in [2.05, 4.69) is 55.5 Å². The molecular weight excluding hydrogens is 292 g/mol. The summed E-state index contributed by atoms with van der Waals surface area (Å²) in [5.74, 6) is 0.806. The molecule has 128 valence electrons. The molecule has 1 saturated carbocycles. The lowest BCUT2D eigenvalue weighted by Gasteiger charge is -2.37. The summed E-state index contributed by atoms with van der Waals surface area (Å²) in [5, 5.41) is 11.4. The molecule has 3 rings (SSSR count). The van der Waals surface area contributed by atoms with E-state index < -0.39 is 5.60 Å².